The molecule has 3 aromatic rings. The van der Waals surface area contributed by atoms with Crippen LogP contribution in [0.25, 0.3) is 10.8 Å². The van der Waals surface area contributed by atoms with Gasteiger partial charge >= 0.3 is 0 Å². The van der Waals surface area contributed by atoms with Gasteiger partial charge in [-0.05, 0) is 43.9 Å². The zero-order valence-electron chi connectivity index (χ0n) is 14.7. The first-order valence-electron chi connectivity index (χ1n) is 8.45. The summed E-state index contributed by atoms with van der Waals surface area (Å²) in [4.78, 5) is 25.6. The first-order valence-corrected chi connectivity index (χ1v) is 8.45. The summed E-state index contributed by atoms with van der Waals surface area (Å²) >= 11 is 0. The molecule has 1 heterocycles. The van der Waals surface area contributed by atoms with Crippen LogP contribution in [0, 0.1) is 6.92 Å². The number of nitrogens with one attached hydrogen (secondary N) is 1. The summed E-state index contributed by atoms with van der Waals surface area (Å²) in [5.74, 6) is -0.239. The first-order chi connectivity index (χ1) is 12.0. The van der Waals surface area contributed by atoms with Crippen LogP contribution in [0.1, 0.15) is 41.5 Å². The van der Waals surface area contributed by atoms with Gasteiger partial charge in [0.2, 0.25) is 0 Å². The van der Waals surface area contributed by atoms with Crippen molar-refractivity contribution >= 4 is 16.7 Å². The van der Waals surface area contributed by atoms with Crippen molar-refractivity contribution in [2.45, 2.75) is 33.4 Å². The molecule has 4 nitrogen and oxygen atoms in total. The third-order valence-corrected chi connectivity index (χ3v) is 4.25. The number of aromatic nitrogens is 1. The quantitative estimate of drug-likeness (QED) is 0.788. The summed E-state index contributed by atoms with van der Waals surface area (Å²) in [7, 11) is 0. The van der Waals surface area contributed by atoms with Crippen LogP contribution in [-0.2, 0) is 6.54 Å². The minimum Gasteiger partial charge on any atom is -0.347 e. The highest BCUT2D eigenvalue weighted by atomic mass is 16.2. The second kappa shape index (κ2) is 6.93. The largest absolute Gasteiger partial charge is 0.347 e. The fraction of sp³-hybridized carbons (Fsp3) is 0.238. The Morgan fingerprint density at radius 1 is 1.08 bits per heavy atom. The van der Waals surface area contributed by atoms with E-state index < -0.39 is 0 Å². The predicted molar refractivity (Wildman–Crippen MR) is 101 cm³/mol. The lowest BCUT2D eigenvalue weighted by Crippen LogP contribution is -2.33. The molecule has 0 aliphatic rings. The van der Waals surface area contributed by atoms with Crippen molar-refractivity contribution in [1.82, 2.24) is 9.88 Å². The monoisotopic (exact) mass is 334 g/mol. The average Bonchev–Trinajstić information content (AvgIpc) is 2.60. The molecule has 0 saturated heterocycles. The lowest BCUT2D eigenvalue weighted by atomic mass is 10.1. The van der Waals surface area contributed by atoms with Gasteiger partial charge in [-0.2, -0.15) is 0 Å². The van der Waals surface area contributed by atoms with E-state index in [0.717, 1.165) is 16.5 Å². The number of carbonyl (C=O) groups is 1. The second-order valence-electron chi connectivity index (χ2n) is 6.56. The van der Waals surface area contributed by atoms with Gasteiger partial charge in [-0.15, -0.1) is 0 Å². The van der Waals surface area contributed by atoms with Crippen LogP contribution in [0.3, 0.4) is 0 Å². The molecule has 0 atom stereocenters. The van der Waals surface area contributed by atoms with Gasteiger partial charge in [0.15, 0.2) is 0 Å². The van der Waals surface area contributed by atoms with E-state index in [1.54, 1.807) is 10.6 Å². The fourth-order valence-electron chi connectivity index (χ4n) is 2.99. The first kappa shape index (κ1) is 17.0. The number of fused-ring (bicyclic) bond motifs is 1. The minimum atomic E-state index is -0.239. The molecule has 0 bridgehead atoms. The summed E-state index contributed by atoms with van der Waals surface area (Å²) in [6, 6.07) is 17.1. The number of hydrogen-bond acceptors (Lipinski definition) is 2. The highest BCUT2D eigenvalue weighted by molar-refractivity contribution is 5.96. The third kappa shape index (κ3) is 3.48. The molecule has 3 rings (SSSR count). The Balaban J connectivity index is 2.02. The lowest BCUT2D eigenvalue weighted by molar-refractivity contribution is 0.0939. The van der Waals surface area contributed by atoms with E-state index in [2.05, 4.69) is 5.32 Å². The summed E-state index contributed by atoms with van der Waals surface area (Å²) in [6.45, 7) is 6.21. The Morgan fingerprint density at radius 3 is 2.48 bits per heavy atom. The smallest absolute Gasteiger partial charge is 0.268 e. The fourth-order valence-corrected chi connectivity index (χ4v) is 2.99. The van der Waals surface area contributed by atoms with E-state index in [1.807, 2.05) is 69.3 Å². The Labute approximate surface area is 147 Å². The normalized spacial score (nSPS) is 11.0. The standard InChI is InChI=1S/C21H22N2O2/c1-14(2)23-19(20(24)22-13-16-7-5-4-6-8-16)12-17-10-9-15(3)11-18(17)21(23)25/h4-12,14H,13H2,1-3H3,(H,22,24). The van der Waals surface area contributed by atoms with Gasteiger partial charge in [-0.1, -0.05) is 48.0 Å². The van der Waals surface area contributed by atoms with Crippen molar-refractivity contribution < 1.29 is 4.79 Å². The zero-order chi connectivity index (χ0) is 18.0. The van der Waals surface area contributed by atoms with E-state index >= 15 is 0 Å². The summed E-state index contributed by atoms with van der Waals surface area (Å²) in [5, 5.41) is 4.35. The van der Waals surface area contributed by atoms with E-state index in [4.69, 9.17) is 0 Å². The summed E-state index contributed by atoms with van der Waals surface area (Å²) < 4.78 is 1.57. The Hall–Kier alpha value is -2.88. The average molecular weight is 334 g/mol. The van der Waals surface area contributed by atoms with Crippen LogP contribution in [0.4, 0.5) is 0 Å². The van der Waals surface area contributed by atoms with Crippen molar-refractivity contribution in [2.75, 3.05) is 0 Å². The van der Waals surface area contributed by atoms with Crippen LogP contribution in [0.5, 0.6) is 0 Å². The van der Waals surface area contributed by atoms with E-state index in [9.17, 15) is 9.59 Å². The number of pyridine rings is 1. The highest BCUT2D eigenvalue weighted by Crippen LogP contribution is 2.17. The number of hydrogen-bond donors (Lipinski definition) is 1. The summed E-state index contributed by atoms with van der Waals surface area (Å²) in [6.07, 6.45) is 0. The van der Waals surface area contributed by atoms with Crippen LogP contribution < -0.4 is 10.9 Å². The summed E-state index contributed by atoms with van der Waals surface area (Å²) in [5.41, 5.74) is 2.32. The van der Waals surface area contributed by atoms with Crippen molar-refractivity contribution in [3.63, 3.8) is 0 Å². The van der Waals surface area contributed by atoms with Crippen molar-refractivity contribution in [3.05, 3.63) is 81.8 Å². The number of nitrogens with zero attached hydrogens (tertiary/aromatic N) is 1. The third-order valence-electron chi connectivity index (χ3n) is 4.25. The molecular formula is C21H22N2O2. The molecule has 0 unspecified atom stereocenters. The van der Waals surface area contributed by atoms with Crippen LogP contribution in [0.15, 0.2) is 59.4 Å². The molecule has 1 amide bonds. The van der Waals surface area contributed by atoms with Gasteiger partial charge in [0.05, 0.1) is 0 Å². The van der Waals surface area contributed by atoms with Gasteiger partial charge in [-0.25, -0.2) is 0 Å². The van der Waals surface area contributed by atoms with E-state index in [0.29, 0.717) is 17.6 Å². The lowest BCUT2D eigenvalue weighted by Gasteiger charge is -2.17. The highest BCUT2D eigenvalue weighted by Gasteiger charge is 2.17. The molecule has 0 spiro atoms. The predicted octanol–water partition coefficient (Wildman–Crippen LogP) is 3.82. The molecule has 0 radical (unpaired) electrons. The van der Waals surface area contributed by atoms with E-state index in [1.165, 1.54) is 0 Å². The Morgan fingerprint density at radius 2 is 1.80 bits per heavy atom. The molecule has 0 saturated carbocycles. The van der Waals surface area contributed by atoms with Gasteiger partial charge in [0, 0.05) is 18.0 Å². The van der Waals surface area contributed by atoms with E-state index in [-0.39, 0.29) is 17.5 Å². The molecule has 4 heteroatoms. The van der Waals surface area contributed by atoms with Crippen molar-refractivity contribution in [1.29, 1.82) is 0 Å². The molecular weight excluding hydrogens is 312 g/mol. The minimum absolute atomic E-state index is 0.102. The molecule has 2 aromatic carbocycles. The maximum atomic E-state index is 12.9. The molecule has 25 heavy (non-hydrogen) atoms. The van der Waals surface area contributed by atoms with Gasteiger partial charge in [0.1, 0.15) is 5.69 Å². The number of benzene rings is 2. The molecule has 1 N–H and O–H groups in total. The number of rotatable bonds is 4. The maximum absolute atomic E-state index is 12.9. The number of carbonyl (C=O) groups excluding carboxylic acids is 1. The molecule has 128 valence electrons. The van der Waals surface area contributed by atoms with Crippen molar-refractivity contribution in [2.24, 2.45) is 0 Å². The number of aryl methyl sites for hydroxylation is 1. The van der Waals surface area contributed by atoms with Crippen molar-refractivity contribution in [3.8, 4) is 0 Å². The number of amides is 1. The van der Waals surface area contributed by atoms with Crippen LogP contribution >= 0.6 is 0 Å². The molecule has 0 aliphatic heterocycles. The molecule has 0 aliphatic carbocycles. The topological polar surface area (TPSA) is 51.1 Å². The Bertz CT molecular complexity index is 972. The maximum Gasteiger partial charge on any atom is 0.268 e. The van der Waals surface area contributed by atoms with Gasteiger partial charge in [0.25, 0.3) is 11.5 Å². The van der Waals surface area contributed by atoms with Crippen LogP contribution in [0.2, 0.25) is 0 Å². The Kier molecular flexibility index (Phi) is 4.70. The molecule has 1 aromatic heterocycles. The van der Waals surface area contributed by atoms with Crippen LogP contribution in [-0.4, -0.2) is 10.5 Å². The zero-order valence-corrected chi connectivity index (χ0v) is 14.7. The SMILES string of the molecule is Cc1ccc2cc(C(=O)NCc3ccccc3)n(C(C)C)c(=O)c2c1. The second-order valence-corrected chi connectivity index (χ2v) is 6.56. The van der Waals surface area contributed by atoms with Gasteiger partial charge in [-0.3, -0.25) is 9.59 Å². The molecule has 0 fully saturated rings. The van der Waals surface area contributed by atoms with Gasteiger partial charge < -0.3 is 9.88 Å².